The number of aromatic hydroxyl groups is 2. The van der Waals surface area contributed by atoms with Crippen LogP contribution in [-0.4, -0.2) is 16.3 Å². The fourth-order valence-corrected chi connectivity index (χ4v) is 1.10. The Labute approximate surface area is 71.5 Å². The van der Waals surface area contributed by atoms with Crippen molar-refractivity contribution in [3.05, 3.63) is 23.8 Å². The van der Waals surface area contributed by atoms with Crippen LogP contribution in [0.25, 0.3) is 0 Å². The van der Waals surface area contributed by atoms with Gasteiger partial charge in [-0.15, -0.1) is 0 Å². The van der Waals surface area contributed by atoms with E-state index in [1.54, 1.807) is 12.1 Å². The fourth-order valence-electron chi connectivity index (χ4n) is 1.10. The van der Waals surface area contributed by atoms with E-state index >= 15 is 0 Å². The molecule has 66 valence electrons. The lowest BCUT2D eigenvalue weighted by atomic mass is 10.1. The molecule has 0 heterocycles. The summed E-state index contributed by atoms with van der Waals surface area (Å²) in [6.07, 6.45) is 0.813. The summed E-state index contributed by atoms with van der Waals surface area (Å²) < 4.78 is 0. The van der Waals surface area contributed by atoms with E-state index in [2.05, 4.69) is 5.73 Å². The quantitative estimate of drug-likeness (QED) is 0.555. The van der Waals surface area contributed by atoms with Crippen molar-refractivity contribution in [2.45, 2.75) is 19.4 Å². The number of benzene rings is 1. The molecule has 1 atom stereocenters. The Balaban J connectivity index is 2.82. The first-order valence-electron chi connectivity index (χ1n) is 3.93. The lowest BCUT2D eigenvalue weighted by molar-refractivity contribution is -0.413. The van der Waals surface area contributed by atoms with E-state index in [1.807, 2.05) is 6.92 Å². The van der Waals surface area contributed by atoms with Crippen LogP contribution < -0.4 is 5.73 Å². The first kappa shape index (κ1) is 8.87. The SMILES string of the molecule is CC([NH3+])Cc1ccc(O)c(O)c1. The molecule has 5 N–H and O–H groups in total. The molecule has 0 spiro atoms. The van der Waals surface area contributed by atoms with Crippen molar-refractivity contribution in [1.82, 2.24) is 0 Å². The van der Waals surface area contributed by atoms with Gasteiger partial charge in [0.15, 0.2) is 11.5 Å². The molecule has 1 aromatic carbocycles. The molecular formula is C9H14NO2+. The number of quaternary nitrogens is 1. The molecule has 0 aromatic heterocycles. The number of hydrogen-bond donors (Lipinski definition) is 3. The predicted molar refractivity (Wildman–Crippen MR) is 45.8 cm³/mol. The van der Waals surface area contributed by atoms with Gasteiger partial charge in [0.25, 0.3) is 0 Å². The highest BCUT2D eigenvalue weighted by atomic mass is 16.3. The molecule has 3 nitrogen and oxygen atoms in total. The van der Waals surface area contributed by atoms with Gasteiger partial charge in [-0.25, -0.2) is 0 Å². The molecule has 1 unspecified atom stereocenters. The van der Waals surface area contributed by atoms with Crippen molar-refractivity contribution in [2.24, 2.45) is 0 Å². The molecule has 0 saturated carbocycles. The summed E-state index contributed by atoms with van der Waals surface area (Å²) in [7, 11) is 0. The average Bonchev–Trinajstić information content (AvgIpc) is 1.96. The largest absolute Gasteiger partial charge is 0.504 e. The van der Waals surface area contributed by atoms with Crippen molar-refractivity contribution in [3.8, 4) is 11.5 Å². The van der Waals surface area contributed by atoms with Crippen molar-refractivity contribution in [2.75, 3.05) is 0 Å². The van der Waals surface area contributed by atoms with Gasteiger partial charge in [0, 0.05) is 6.42 Å². The fraction of sp³-hybridized carbons (Fsp3) is 0.333. The van der Waals surface area contributed by atoms with Gasteiger partial charge >= 0.3 is 0 Å². The Bertz CT molecular complexity index is 271. The Morgan fingerprint density at radius 3 is 2.50 bits per heavy atom. The van der Waals surface area contributed by atoms with Gasteiger partial charge in [-0.3, -0.25) is 0 Å². The van der Waals surface area contributed by atoms with Crippen molar-refractivity contribution in [1.29, 1.82) is 0 Å². The van der Waals surface area contributed by atoms with Crippen LogP contribution >= 0.6 is 0 Å². The first-order chi connectivity index (χ1) is 5.59. The molecule has 0 aliphatic rings. The third-order valence-electron chi connectivity index (χ3n) is 1.62. The molecular weight excluding hydrogens is 154 g/mol. The van der Waals surface area contributed by atoms with Crippen LogP contribution in [0.2, 0.25) is 0 Å². The third-order valence-corrected chi connectivity index (χ3v) is 1.62. The minimum absolute atomic E-state index is 0.0619. The molecule has 1 aromatic rings. The molecule has 1 rings (SSSR count). The summed E-state index contributed by atoms with van der Waals surface area (Å²) in [6, 6.07) is 5.16. The number of phenolic OH excluding ortho intramolecular Hbond substituents is 2. The second kappa shape index (κ2) is 3.45. The minimum atomic E-state index is -0.0736. The molecule has 12 heavy (non-hydrogen) atoms. The second-order valence-electron chi connectivity index (χ2n) is 3.13. The maximum Gasteiger partial charge on any atom is 0.157 e. The summed E-state index contributed by atoms with van der Waals surface area (Å²) in [4.78, 5) is 0. The zero-order valence-corrected chi connectivity index (χ0v) is 7.12. The van der Waals surface area contributed by atoms with E-state index < -0.39 is 0 Å². The minimum Gasteiger partial charge on any atom is -0.504 e. The van der Waals surface area contributed by atoms with E-state index in [-0.39, 0.29) is 11.5 Å². The predicted octanol–water partition coefficient (Wildman–Crippen LogP) is 0.271. The summed E-state index contributed by atoms with van der Waals surface area (Å²) in [5.41, 5.74) is 4.84. The van der Waals surface area contributed by atoms with Gasteiger partial charge < -0.3 is 15.9 Å². The van der Waals surface area contributed by atoms with Gasteiger partial charge in [-0.1, -0.05) is 6.07 Å². The average molecular weight is 168 g/mol. The highest BCUT2D eigenvalue weighted by Gasteiger charge is 2.03. The van der Waals surface area contributed by atoms with E-state index in [1.165, 1.54) is 6.07 Å². The normalized spacial score (nSPS) is 12.8. The number of rotatable bonds is 2. The van der Waals surface area contributed by atoms with Crippen molar-refractivity contribution < 1.29 is 15.9 Å². The van der Waals surface area contributed by atoms with Crippen LogP contribution in [0.4, 0.5) is 0 Å². The molecule has 0 radical (unpaired) electrons. The molecule has 3 heteroatoms. The lowest BCUT2D eigenvalue weighted by Crippen LogP contribution is -2.60. The molecule has 0 amide bonds. The highest BCUT2D eigenvalue weighted by molar-refractivity contribution is 5.40. The zero-order chi connectivity index (χ0) is 9.14. The maximum atomic E-state index is 9.14. The Morgan fingerprint density at radius 2 is 2.00 bits per heavy atom. The van der Waals surface area contributed by atoms with E-state index in [0.29, 0.717) is 6.04 Å². The van der Waals surface area contributed by atoms with Gasteiger partial charge in [-0.05, 0) is 24.6 Å². The van der Waals surface area contributed by atoms with E-state index in [9.17, 15) is 0 Å². The van der Waals surface area contributed by atoms with Crippen molar-refractivity contribution in [3.63, 3.8) is 0 Å². The summed E-state index contributed by atoms with van der Waals surface area (Å²) in [6.45, 7) is 2.00. The van der Waals surface area contributed by atoms with Crippen LogP contribution in [0.1, 0.15) is 12.5 Å². The first-order valence-corrected chi connectivity index (χ1v) is 3.93. The molecule has 0 aliphatic heterocycles. The lowest BCUT2D eigenvalue weighted by Gasteiger charge is -2.03. The summed E-state index contributed by atoms with van der Waals surface area (Å²) in [5.74, 6) is -0.136. The second-order valence-corrected chi connectivity index (χ2v) is 3.13. The Kier molecular flexibility index (Phi) is 2.55. The molecule has 0 fully saturated rings. The molecule has 0 bridgehead atoms. The van der Waals surface area contributed by atoms with Gasteiger partial charge in [0.2, 0.25) is 0 Å². The van der Waals surface area contributed by atoms with Crippen LogP contribution in [-0.2, 0) is 6.42 Å². The van der Waals surface area contributed by atoms with Crippen molar-refractivity contribution >= 4 is 0 Å². The van der Waals surface area contributed by atoms with Crippen LogP contribution in [0.5, 0.6) is 11.5 Å². The molecule has 0 aliphatic carbocycles. The van der Waals surface area contributed by atoms with Gasteiger partial charge in [0.05, 0.1) is 6.04 Å². The Morgan fingerprint density at radius 1 is 1.33 bits per heavy atom. The van der Waals surface area contributed by atoms with Crippen LogP contribution in [0.15, 0.2) is 18.2 Å². The van der Waals surface area contributed by atoms with Crippen LogP contribution in [0.3, 0.4) is 0 Å². The monoisotopic (exact) mass is 168 g/mol. The molecule has 0 saturated heterocycles. The number of phenols is 2. The van der Waals surface area contributed by atoms with Crippen LogP contribution in [0, 0.1) is 0 Å². The summed E-state index contributed by atoms with van der Waals surface area (Å²) in [5, 5.41) is 18.2. The third kappa shape index (κ3) is 2.13. The van der Waals surface area contributed by atoms with E-state index in [4.69, 9.17) is 10.2 Å². The number of hydrogen-bond acceptors (Lipinski definition) is 2. The van der Waals surface area contributed by atoms with Gasteiger partial charge in [-0.2, -0.15) is 0 Å². The zero-order valence-electron chi connectivity index (χ0n) is 7.12. The smallest absolute Gasteiger partial charge is 0.157 e. The van der Waals surface area contributed by atoms with E-state index in [0.717, 1.165) is 12.0 Å². The van der Waals surface area contributed by atoms with Gasteiger partial charge in [0.1, 0.15) is 0 Å². The standard InChI is InChI=1S/C9H13NO2/c1-6(10)4-7-2-3-8(11)9(12)5-7/h2-3,5-6,11-12H,4,10H2,1H3/p+1. The highest BCUT2D eigenvalue weighted by Crippen LogP contribution is 2.24. The topological polar surface area (TPSA) is 68.1 Å². The maximum absolute atomic E-state index is 9.14. The Hall–Kier alpha value is -1.22. The summed E-state index contributed by atoms with van der Waals surface area (Å²) >= 11 is 0.